The SMILES string of the molecule is CC[C@]1(O)C(=O)CC2C3C(CC[C@@]21C)[C@@]1(C)CC[C@H](Br)C[C@H]1C[C@@H]3O. The minimum atomic E-state index is -1.19. The molecule has 4 heteroatoms. The summed E-state index contributed by atoms with van der Waals surface area (Å²) < 4.78 is 0. The van der Waals surface area contributed by atoms with Crippen LogP contribution in [0.15, 0.2) is 0 Å². The minimum Gasteiger partial charge on any atom is -0.393 e. The molecule has 0 bridgehead atoms. The lowest BCUT2D eigenvalue weighted by Gasteiger charge is -2.62. The smallest absolute Gasteiger partial charge is 0.165 e. The van der Waals surface area contributed by atoms with Crippen LogP contribution in [0.4, 0.5) is 0 Å². The van der Waals surface area contributed by atoms with Crippen LogP contribution in [0, 0.1) is 34.5 Å². The van der Waals surface area contributed by atoms with Crippen molar-refractivity contribution in [2.45, 2.75) is 88.7 Å². The molecule has 4 aliphatic carbocycles. The molecule has 0 saturated heterocycles. The molecule has 4 fully saturated rings. The number of carbonyl (C=O) groups is 1. The summed E-state index contributed by atoms with van der Waals surface area (Å²) in [7, 11) is 0. The molecule has 0 aromatic heterocycles. The van der Waals surface area contributed by atoms with Crippen LogP contribution in [0.1, 0.15) is 72.1 Å². The Morgan fingerprint density at radius 3 is 2.56 bits per heavy atom. The van der Waals surface area contributed by atoms with Gasteiger partial charge in [0, 0.05) is 16.7 Å². The third-order valence-corrected chi connectivity index (χ3v) is 10.2. The molecule has 0 aromatic carbocycles. The van der Waals surface area contributed by atoms with E-state index >= 15 is 0 Å². The van der Waals surface area contributed by atoms with Crippen LogP contribution in [-0.4, -0.2) is 32.5 Å². The number of alkyl halides is 1. The van der Waals surface area contributed by atoms with E-state index in [1.807, 2.05) is 6.92 Å². The van der Waals surface area contributed by atoms with Crippen molar-refractivity contribution in [2.75, 3.05) is 0 Å². The highest BCUT2D eigenvalue weighted by Gasteiger charge is 2.68. The van der Waals surface area contributed by atoms with Crippen molar-refractivity contribution in [1.29, 1.82) is 0 Å². The number of aliphatic hydroxyl groups is 2. The van der Waals surface area contributed by atoms with E-state index in [4.69, 9.17) is 0 Å². The number of halogens is 1. The first-order valence-corrected chi connectivity index (χ1v) is 11.2. The first kappa shape index (κ1) is 18.4. The largest absolute Gasteiger partial charge is 0.393 e. The van der Waals surface area contributed by atoms with Crippen LogP contribution in [0.3, 0.4) is 0 Å². The molecular formula is C21H33BrO3. The van der Waals surface area contributed by atoms with Gasteiger partial charge in [0.25, 0.3) is 0 Å². The lowest BCUT2D eigenvalue weighted by molar-refractivity contribution is -0.186. The molecule has 3 unspecified atom stereocenters. The van der Waals surface area contributed by atoms with E-state index in [-0.39, 0.29) is 34.6 Å². The summed E-state index contributed by atoms with van der Waals surface area (Å²) in [6.07, 6.45) is 7.06. The third kappa shape index (κ3) is 2.26. The first-order chi connectivity index (χ1) is 11.7. The Labute approximate surface area is 160 Å². The third-order valence-electron chi connectivity index (χ3n) is 9.33. The lowest BCUT2D eigenvalue weighted by Crippen LogP contribution is -2.60. The molecule has 142 valence electrons. The van der Waals surface area contributed by atoms with Gasteiger partial charge in [-0.2, -0.15) is 0 Å². The fourth-order valence-electron chi connectivity index (χ4n) is 7.68. The highest BCUT2D eigenvalue weighted by molar-refractivity contribution is 9.09. The van der Waals surface area contributed by atoms with Crippen molar-refractivity contribution >= 4 is 21.7 Å². The number of rotatable bonds is 1. The van der Waals surface area contributed by atoms with Crippen LogP contribution in [0.5, 0.6) is 0 Å². The summed E-state index contributed by atoms with van der Waals surface area (Å²) in [6, 6.07) is 0. The maximum absolute atomic E-state index is 12.7. The number of carbonyl (C=O) groups excluding carboxylic acids is 1. The van der Waals surface area contributed by atoms with Crippen LogP contribution in [-0.2, 0) is 4.79 Å². The van der Waals surface area contributed by atoms with Gasteiger partial charge in [0.2, 0.25) is 0 Å². The Kier molecular flexibility index (Phi) is 4.26. The summed E-state index contributed by atoms with van der Waals surface area (Å²) in [5.74, 6) is 1.40. The molecule has 0 aromatic rings. The lowest BCUT2D eigenvalue weighted by atomic mass is 9.44. The van der Waals surface area contributed by atoms with Gasteiger partial charge in [-0.25, -0.2) is 0 Å². The van der Waals surface area contributed by atoms with Crippen molar-refractivity contribution in [3.05, 3.63) is 0 Å². The molecule has 0 aliphatic heterocycles. The molecular weight excluding hydrogens is 380 g/mol. The zero-order chi connectivity index (χ0) is 18.2. The van der Waals surface area contributed by atoms with Crippen LogP contribution in [0.2, 0.25) is 0 Å². The summed E-state index contributed by atoms with van der Waals surface area (Å²) in [4.78, 5) is 13.3. The monoisotopic (exact) mass is 412 g/mol. The van der Waals surface area contributed by atoms with E-state index in [2.05, 4.69) is 29.8 Å². The van der Waals surface area contributed by atoms with Crippen molar-refractivity contribution in [3.8, 4) is 0 Å². The maximum atomic E-state index is 12.7. The topological polar surface area (TPSA) is 57.5 Å². The number of Topliss-reactive ketones (excluding diaryl/α,β-unsaturated/α-hetero) is 1. The van der Waals surface area contributed by atoms with Gasteiger partial charge in [0.15, 0.2) is 5.78 Å². The van der Waals surface area contributed by atoms with Gasteiger partial charge >= 0.3 is 0 Å². The van der Waals surface area contributed by atoms with E-state index in [1.54, 1.807) is 0 Å². The Hall–Kier alpha value is 0.0700. The molecule has 9 atom stereocenters. The van der Waals surface area contributed by atoms with Crippen molar-refractivity contribution in [1.82, 2.24) is 0 Å². The normalized spacial score (nSPS) is 58.4. The van der Waals surface area contributed by atoms with Gasteiger partial charge in [-0.05, 0) is 74.0 Å². The number of ketones is 1. The van der Waals surface area contributed by atoms with E-state index < -0.39 is 5.60 Å². The summed E-state index contributed by atoms with van der Waals surface area (Å²) >= 11 is 3.81. The quantitative estimate of drug-likeness (QED) is 0.637. The van der Waals surface area contributed by atoms with E-state index in [1.165, 1.54) is 12.8 Å². The Morgan fingerprint density at radius 1 is 1.16 bits per heavy atom. The molecule has 0 radical (unpaired) electrons. The molecule has 3 nitrogen and oxygen atoms in total. The van der Waals surface area contributed by atoms with Gasteiger partial charge in [0.1, 0.15) is 5.60 Å². The molecule has 25 heavy (non-hydrogen) atoms. The predicted molar refractivity (Wildman–Crippen MR) is 101 cm³/mol. The second-order valence-electron chi connectivity index (χ2n) is 9.97. The van der Waals surface area contributed by atoms with Gasteiger partial charge in [-0.15, -0.1) is 0 Å². The summed E-state index contributed by atoms with van der Waals surface area (Å²) in [6.45, 7) is 6.51. The molecule has 4 saturated carbocycles. The zero-order valence-corrected chi connectivity index (χ0v) is 17.4. The van der Waals surface area contributed by atoms with E-state index in [0.29, 0.717) is 29.5 Å². The van der Waals surface area contributed by atoms with Gasteiger partial charge in [-0.3, -0.25) is 4.79 Å². The second-order valence-corrected chi connectivity index (χ2v) is 11.3. The number of hydrogen-bond acceptors (Lipinski definition) is 3. The summed E-state index contributed by atoms with van der Waals surface area (Å²) in [5.41, 5.74) is -1.27. The Morgan fingerprint density at radius 2 is 1.88 bits per heavy atom. The molecule has 0 heterocycles. The first-order valence-electron chi connectivity index (χ1n) is 10.2. The van der Waals surface area contributed by atoms with Crippen molar-refractivity contribution in [3.63, 3.8) is 0 Å². The fraction of sp³-hybridized carbons (Fsp3) is 0.952. The Balaban J connectivity index is 1.71. The van der Waals surface area contributed by atoms with Gasteiger partial charge in [-0.1, -0.05) is 36.7 Å². The highest BCUT2D eigenvalue weighted by atomic mass is 79.9. The second kappa shape index (κ2) is 5.78. The van der Waals surface area contributed by atoms with E-state index in [9.17, 15) is 15.0 Å². The zero-order valence-electron chi connectivity index (χ0n) is 15.8. The van der Waals surface area contributed by atoms with Crippen molar-refractivity contribution < 1.29 is 15.0 Å². The average Bonchev–Trinajstić information content (AvgIpc) is 2.77. The standard InChI is InChI=1S/C21H33BrO3/c1-4-21(25)17(24)11-15-18-14(6-8-20(15,21)3)19(2)7-5-13(22)9-12(19)10-16(18)23/h12-16,18,23,25H,4-11H2,1-3H3/t12-,13-,14?,15?,16-,18?,19-,20-,21-/m0/s1. The number of fused-ring (bicyclic) bond motifs is 5. The molecule has 4 rings (SSSR count). The number of aliphatic hydroxyl groups excluding tert-OH is 1. The van der Waals surface area contributed by atoms with Gasteiger partial charge < -0.3 is 10.2 Å². The van der Waals surface area contributed by atoms with Gasteiger partial charge in [0.05, 0.1) is 6.10 Å². The highest BCUT2D eigenvalue weighted by Crippen LogP contribution is 2.68. The molecule has 4 aliphatic rings. The fourth-order valence-corrected chi connectivity index (χ4v) is 8.36. The summed E-state index contributed by atoms with van der Waals surface area (Å²) in [5, 5.41) is 22.3. The minimum absolute atomic E-state index is 0.0202. The average molecular weight is 413 g/mol. The Bertz CT molecular complexity index is 579. The van der Waals surface area contributed by atoms with E-state index in [0.717, 1.165) is 25.7 Å². The van der Waals surface area contributed by atoms with Crippen molar-refractivity contribution in [2.24, 2.45) is 34.5 Å². The molecule has 2 N–H and O–H groups in total. The molecule has 0 spiro atoms. The maximum Gasteiger partial charge on any atom is 0.165 e. The van der Waals surface area contributed by atoms with Crippen LogP contribution < -0.4 is 0 Å². The predicted octanol–water partition coefficient (Wildman–Crippen LogP) is 4.08. The molecule has 0 amide bonds. The number of hydrogen-bond donors (Lipinski definition) is 2. The van der Waals surface area contributed by atoms with Crippen LogP contribution in [0.25, 0.3) is 0 Å². The van der Waals surface area contributed by atoms with Crippen LogP contribution >= 0.6 is 15.9 Å².